The van der Waals surface area contributed by atoms with Crippen molar-refractivity contribution in [3.63, 3.8) is 0 Å². The van der Waals surface area contributed by atoms with Crippen molar-refractivity contribution in [1.29, 1.82) is 0 Å². The van der Waals surface area contributed by atoms with E-state index < -0.39 is 11.9 Å². The molecule has 120 valence electrons. The van der Waals surface area contributed by atoms with Crippen molar-refractivity contribution in [3.05, 3.63) is 40.3 Å². The minimum absolute atomic E-state index is 0.0565. The van der Waals surface area contributed by atoms with Crippen LogP contribution in [0.4, 0.5) is 0 Å². The van der Waals surface area contributed by atoms with Gasteiger partial charge in [0.2, 0.25) is 5.91 Å². The molecule has 1 N–H and O–H groups in total. The van der Waals surface area contributed by atoms with Gasteiger partial charge in [0, 0.05) is 25.5 Å². The molecular weight excluding hydrogens is 298 g/mol. The number of amides is 1. The fourth-order valence-corrected chi connectivity index (χ4v) is 2.95. The van der Waals surface area contributed by atoms with E-state index in [-0.39, 0.29) is 24.4 Å². The van der Waals surface area contributed by atoms with Gasteiger partial charge < -0.3 is 10.0 Å². The number of benzene rings is 1. The second kappa shape index (κ2) is 5.83. The maximum Gasteiger partial charge on any atom is 0.308 e. The Morgan fingerprint density at radius 1 is 1.30 bits per heavy atom. The quantitative estimate of drug-likeness (QED) is 0.885. The molecule has 2 aromatic rings. The average Bonchev–Trinajstić information content (AvgIpc) is 3.03. The molecule has 2 heterocycles. The summed E-state index contributed by atoms with van der Waals surface area (Å²) in [4.78, 5) is 37.1. The lowest BCUT2D eigenvalue weighted by Gasteiger charge is -2.16. The van der Waals surface area contributed by atoms with Gasteiger partial charge in [-0.15, -0.1) is 0 Å². The highest BCUT2D eigenvalue weighted by molar-refractivity contribution is 5.88. The zero-order valence-electron chi connectivity index (χ0n) is 12.7. The molecular formula is C16H17N3O4. The van der Waals surface area contributed by atoms with E-state index in [1.165, 1.54) is 4.68 Å². The van der Waals surface area contributed by atoms with Gasteiger partial charge in [0.1, 0.15) is 0 Å². The summed E-state index contributed by atoms with van der Waals surface area (Å²) in [5, 5.41) is 14.4. The lowest BCUT2D eigenvalue weighted by atomic mass is 10.1. The maximum absolute atomic E-state index is 12.4. The summed E-state index contributed by atoms with van der Waals surface area (Å²) in [7, 11) is 1.55. The molecule has 0 saturated carbocycles. The lowest BCUT2D eigenvalue weighted by molar-refractivity contribution is -0.141. The van der Waals surface area contributed by atoms with Crippen LogP contribution in [0, 0.1) is 5.92 Å². The van der Waals surface area contributed by atoms with Crippen LogP contribution in [-0.2, 0) is 23.1 Å². The zero-order valence-corrected chi connectivity index (χ0v) is 12.7. The molecule has 23 heavy (non-hydrogen) atoms. The van der Waals surface area contributed by atoms with Gasteiger partial charge in [0.25, 0.3) is 5.56 Å². The third-order valence-electron chi connectivity index (χ3n) is 4.24. The number of carbonyl (C=O) groups is 2. The monoisotopic (exact) mass is 315 g/mol. The van der Waals surface area contributed by atoms with Crippen molar-refractivity contribution in [2.24, 2.45) is 13.0 Å². The Hall–Kier alpha value is -2.70. The summed E-state index contributed by atoms with van der Waals surface area (Å²) >= 11 is 0. The molecule has 7 nitrogen and oxygen atoms in total. The fraction of sp³-hybridized carbons (Fsp3) is 0.375. The lowest BCUT2D eigenvalue weighted by Crippen LogP contribution is -2.32. The van der Waals surface area contributed by atoms with Gasteiger partial charge in [0.15, 0.2) is 0 Å². The Balaban J connectivity index is 1.88. The van der Waals surface area contributed by atoms with Crippen molar-refractivity contribution < 1.29 is 14.7 Å². The van der Waals surface area contributed by atoms with Crippen LogP contribution in [0.1, 0.15) is 12.1 Å². The molecule has 1 atom stereocenters. The minimum Gasteiger partial charge on any atom is -0.481 e. The molecule has 7 heteroatoms. The zero-order chi connectivity index (χ0) is 16.6. The summed E-state index contributed by atoms with van der Waals surface area (Å²) in [5.74, 6) is -1.53. The Labute approximate surface area is 132 Å². The van der Waals surface area contributed by atoms with Crippen LogP contribution in [-0.4, -0.2) is 44.8 Å². The number of carboxylic acid groups (broad SMARTS) is 1. The number of likely N-dealkylation sites (tertiary alicyclic amines) is 1. The van der Waals surface area contributed by atoms with Gasteiger partial charge in [-0.1, -0.05) is 18.2 Å². The van der Waals surface area contributed by atoms with Crippen LogP contribution < -0.4 is 5.56 Å². The number of hydrogen-bond acceptors (Lipinski definition) is 4. The van der Waals surface area contributed by atoms with Crippen LogP contribution in [0.3, 0.4) is 0 Å². The summed E-state index contributed by atoms with van der Waals surface area (Å²) in [5.41, 5.74) is 0.329. The molecule has 1 aliphatic rings. The van der Waals surface area contributed by atoms with Crippen molar-refractivity contribution >= 4 is 22.6 Å². The van der Waals surface area contributed by atoms with Crippen molar-refractivity contribution in [2.75, 3.05) is 13.1 Å². The number of nitrogens with zero attached hydrogens (tertiary/aromatic N) is 3. The van der Waals surface area contributed by atoms with Crippen molar-refractivity contribution in [3.8, 4) is 0 Å². The predicted molar refractivity (Wildman–Crippen MR) is 83.0 cm³/mol. The molecule has 0 radical (unpaired) electrons. The Morgan fingerprint density at radius 2 is 2.00 bits per heavy atom. The summed E-state index contributed by atoms with van der Waals surface area (Å²) in [6, 6.07) is 7.06. The van der Waals surface area contributed by atoms with Crippen molar-refractivity contribution in [1.82, 2.24) is 14.7 Å². The normalized spacial score (nSPS) is 17.6. The number of carboxylic acids is 1. The number of hydrogen-bond donors (Lipinski definition) is 1. The molecule has 1 saturated heterocycles. The smallest absolute Gasteiger partial charge is 0.308 e. The van der Waals surface area contributed by atoms with E-state index in [4.69, 9.17) is 5.11 Å². The second-order valence-electron chi connectivity index (χ2n) is 5.76. The van der Waals surface area contributed by atoms with Gasteiger partial charge in [0.05, 0.1) is 23.4 Å². The number of aliphatic carboxylic acids is 1. The highest BCUT2D eigenvalue weighted by Crippen LogP contribution is 2.19. The highest BCUT2D eigenvalue weighted by atomic mass is 16.4. The third kappa shape index (κ3) is 2.81. The molecule has 3 rings (SSSR count). The molecule has 1 aromatic heterocycles. The maximum atomic E-state index is 12.4. The van der Waals surface area contributed by atoms with Crippen LogP contribution in [0.5, 0.6) is 0 Å². The van der Waals surface area contributed by atoms with Crippen LogP contribution >= 0.6 is 0 Å². The Morgan fingerprint density at radius 3 is 2.65 bits per heavy atom. The average molecular weight is 315 g/mol. The van der Waals surface area contributed by atoms with Crippen LogP contribution in [0.15, 0.2) is 29.1 Å². The Bertz CT molecular complexity index is 843. The predicted octanol–water partition coefficient (Wildman–Crippen LogP) is 0.409. The van der Waals surface area contributed by atoms with Gasteiger partial charge in [-0.3, -0.25) is 14.4 Å². The first-order chi connectivity index (χ1) is 11.0. The van der Waals surface area contributed by atoms with Crippen LogP contribution in [0.2, 0.25) is 0 Å². The molecule has 0 aliphatic carbocycles. The number of aromatic nitrogens is 2. The second-order valence-corrected chi connectivity index (χ2v) is 5.76. The van der Waals surface area contributed by atoms with Crippen LogP contribution in [0.25, 0.3) is 10.8 Å². The SMILES string of the molecule is Cn1nc(CC(=O)N2CCC(C(=O)O)C2)c2ccccc2c1=O. The minimum atomic E-state index is -0.869. The van der Waals surface area contributed by atoms with E-state index in [1.54, 1.807) is 36.2 Å². The third-order valence-corrected chi connectivity index (χ3v) is 4.24. The highest BCUT2D eigenvalue weighted by Gasteiger charge is 2.31. The van der Waals surface area contributed by atoms with Crippen molar-refractivity contribution in [2.45, 2.75) is 12.8 Å². The first kappa shape index (κ1) is 15.2. The summed E-state index contributed by atoms with van der Waals surface area (Å²) < 4.78 is 1.23. The fourth-order valence-electron chi connectivity index (χ4n) is 2.95. The molecule has 1 aromatic carbocycles. The number of fused-ring (bicyclic) bond motifs is 1. The Kier molecular flexibility index (Phi) is 3.85. The van der Waals surface area contributed by atoms with Gasteiger partial charge in [-0.2, -0.15) is 5.10 Å². The molecule has 1 unspecified atom stereocenters. The molecule has 1 aliphatic heterocycles. The molecule has 1 fully saturated rings. The van der Waals surface area contributed by atoms with E-state index >= 15 is 0 Å². The van der Waals surface area contributed by atoms with Gasteiger partial charge in [-0.25, -0.2) is 4.68 Å². The van der Waals surface area contributed by atoms with E-state index in [0.29, 0.717) is 29.4 Å². The summed E-state index contributed by atoms with van der Waals surface area (Å²) in [6.45, 7) is 0.678. The largest absolute Gasteiger partial charge is 0.481 e. The van der Waals surface area contributed by atoms with Gasteiger partial charge in [-0.05, 0) is 12.5 Å². The molecule has 0 bridgehead atoms. The molecule has 1 amide bonds. The van der Waals surface area contributed by atoms with E-state index in [1.807, 2.05) is 0 Å². The number of aryl methyl sites for hydroxylation is 1. The van der Waals surface area contributed by atoms with E-state index in [9.17, 15) is 14.4 Å². The van der Waals surface area contributed by atoms with Gasteiger partial charge >= 0.3 is 5.97 Å². The van der Waals surface area contributed by atoms with E-state index in [2.05, 4.69) is 5.10 Å². The number of rotatable bonds is 3. The topological polar surface area (TPSA) is 92.5 Å². The molecule has 0 spiro atoms. The van der Waals surface area contributed by atoms with E-state index in [0.717, 1.165) is 0 Å². The standard InChI is InChI=1S/C16H17N3O4/c1-18-15(21)12-5-3-2-4-11(12)13(17-18)8-14(20)19-7-6-10(9-19)16(22)23/h2-5,10H,6-9H2,1H3,(H,22,23). The number of carbonyl (C=O) groups excluding carboxylic acids is 1. The summed E-state index contributed by atoms with van der Waals surface area (Å²) in [6.07, 6.45) is 0.531. The first-order valence-corrected chi connectivity index (χ1v) is 7.43. The first-order valence-electron chi connectivity index (χ1n) is 7.43.